The van der Waals surface area contributed by atoms with E-state index in [0.717, 1.165) is 37.7 Å². The van der Waals surface area contributed by atoms with Crippen LogP contribution >= 0.6 is 0 Å². The third-order valence-corrected chi connectivity index (χ3v) is 4.42. The van der Waals surface area contributed by atoms with Gasteiger partial charge in [0.1, 0.15) is 0 Å². The van der Waals surface area contributed by atoms with Crippen molar-refractivity contribution >= 4 is 6.09 Å². The van der Waals surface area contributed by atoms with Gasteiger partial charge in [-0.25, -0.2) is 4.79 Å². The van der Waals surface area contributed by atoms with Crippen molar-refractivity contribution < 1.29 is 14.6 Å². The minimum absolute atomic E-state index is 0.366. The lowest BCUT2D eigenvalue weighted by molar-refractivity contribution is -0.0205. The van der Waals surface area contributed by atoms with E-state index < -0.39 is 5.60 Å². The van der Waals surface area contributed by atoms with Crippen LogP contribution in [0.4, 0.5) is 4.79 Å². The third-order valence-electron chi connectivity index (χ3n) is 4.42. The average Bonchev–Trinajstić information content (AvgIpc) is 2.53. The molecule has 0 saturated heterocycles. The monoisotopic (exact) mass is 291 g/mol. The molecule has 116 valence electrons. The number of alkyl carbamates (subject to hydrolysis) is 1. The number of carbonyl (C=O) groups excluding carboxylic acids is 1. The van der Waals surface area contributed by atoms with E-state index >= 15 is 0 Å². The van der Waals surface area contributed by atoms with Gasteiger partial charge >= 0.3 is 6.09 Å². The molecule has 2 N–H and O–H groups in total. The fourth-order valence-corrected chi connectivity index (χ4v) is 2.75. The summed E-state index contributed by atoms with van der Waals surface area (Å²) in [5.74, 6) is 0.374. The van der Waals surface area contributed by atoms with E-state index in [9.17, 15) is 9.90 Å². The molecule has 1 aliphatic carbocycles. The maximum absolute atomic E-state index is 11.7. The zero-order valence-electron chi connectivity index (χ0n) is 12.7. The zero-order chi connectivity index (χ0) is 15.1. The van der Waals surface area contributed by atoms with Gasteiger partial charge in [0, 0.05) is 6.54 Å². The molecule has 1 aromatic rings. The van der Waals surface area contributed by atoms with Gasteiger partial charge in [0.05, 0.1) is 12.2 Å². The van der Waals surface area contributed by atoms with Crippen LogP contribution in [0.3, 0.4) is 0 Å². The molecule has 21 heavy (non-hydrogen) atoms. The molecule has 0 spiro atoms. The third kappa shape index (κ3) is 5.05. The lowest BCUT2D eigenvalue weighted by Gasteiger charge is -2.35. The SMILES string of the molecule is CCC1(O)CCC(COC(=O)NCc2ccccc2)CC1. The fraction of sp³-hybridized carbons (Fsp3) is 0.588. The molecule has 1 aliphatic rings. The van der Waals surface area contributed by atoms with Gasteiger partial charge < -0.3 is 15.2 Å². The van der Waals surface area contributed by atoms with Crippen LogP contribution in [-0.4, -0.2) is 23.4 Å². The van der Waals surface area contributed by atoms with Crippen LogP contribution in [0.25, 0.3) is 0 Å². The number of carbonyl (C=O) groups is 1. The minimum Gasteiger partial charge on any atom is -0.449 e. The number of aliphatic hydroxyl groups is 1. The van der Waals surface area contributed by atoms with Crippen LogP contribution in [-0.2, 0) is 11.3 Å². The lowest BCUT2D eigenvalue weighted by atomic mass is 9.78. The van der Waals surface area contributed by atoms with Gasteiger partial charge in [-0.3, -0.25) is 0 Å². The molecule has 1 amide bonds. The van der Waals surface area contributed by atoms with Crippen LogP contribution in [0, 0.1) is 5.92 Å². The number of hydrogen-bond acceptors (Lipinski definition) is 3. The molecule has 4 nitrogen and oxygen atoms in total. The van der Waals surface area contributed by atoms with Crippen LogP contribution in [0.1, 0.15) is 44.6 Å². The number of benzene rings is 1. The molecule has 1 fully saturated rings. The Morgan fingerprint density at radius 1 is 1.33 bits per heavy atom. The Balaban J connectivity index is 1.64. The van der Waals surface area contributed by atoms with Crippen molar-refractivity contribution in [1.29, 1.82) is 0 Å². The molecule has 1 aromatic carbocycles. The summed E-state index contributed by atoms with van der Waals surface area (Å²) in [4.78, 5) is 11.7. The maximum atomic E-state index is 11.7. The van der Waals surface area contributed by atoms with Crippen molar-refractivity contribution in [3.05, 3.63) is 35.9 Å². The Morgan fingerprint density at radius 2 is 2.00 bits per heavy atom. The predicted octanol–water partition coefficient (Wildman–Crippen LogP) is 3.24. The van der Waals surface area contributed by atoms with E-state index in [2.05, 4.69) is 5.32 Å². The first-order valence-corrected chi connectivity index (χ1v) is 7.78. The molecule has 0 heterocycles. The summed E-state index contributed by atoms with van der Waals surface area (Å²) >= 11 is 0. The number of rotatable bonds is 5. The molecule has 0 aromatic heterocycles. The smallest absolute Gasteiger partial charge is 0.407 e. The van der Waals surface area contributed by atoms with Gasteiger partial charge in [-0.1, -0.05) is 37.3 Å². The number of nitrogens with one attached hydrogen (secondary N) is 1. The summed E-state index contributed by atoms with van der Waals surface area (Å²) in [6.45, 7) is 2.95. The molecular weight excluding hydrogens is 266 g/mol. The van der Waals surface area contributed by atoms with Crippen molar-refractivity contribution in [1.82, 2.24) is 5.32 Å². The Hall–Kier alpha value is -1.55. The molecule has 0 radical (unpaired) electrons. The summed E-state index contributed by atoms with van der Waals surface area (Å²) < 4.78 is 5.27. The van der Waals surface area contributed by atoms with Gasteiger partial charge in [-0.05, 0) is 43.6 Å². The Kier molecular flexibility index (Phi) is 5.62. The van der Waals surface area contributed by atoms with Crippen LogP contribution in [0.5, 0.6) is 0 Å². The van der Waals surface area contributed by atoms with Crippen LogP contribution < -0.4 is 5.32 Å². The van der Waals surface area contributed by atoms with E-state index in [1.165, 1.54) is 0 Å². The highest BCUT2D eigenvalue weighted by Crippen LogP contribution is 2.34. The second kappa shape index (κ2) is 7.46. The molecule has 0 unspecified atom stereocenters. The van der Waals surface area contributed by atoms with E-state index in [-0.39, 0.29) is 6.09 Å². The standard InChI is InChI=1S/C17H25NO3/c1-2-17(20)10-8-15(9-11-17)13-21-16(19)18-12-14-6-4-3-5-7-14/h3-7,15,20H,2,8-13H2,1H3,(H,18,19). The van der Waals surface area contributed by atoms with Crippen LogP contribution in [0.2, 0.25) is 0 Å². The van der Waals surface area contributed by atoms with Gasteiger partial charge in [-0.2, -0.15) is 0 Å². The highest BCUT2D eigenvalue weighted by molar-refractivity contribution is 5.67. The quantitative estimate of drug-likeness (QED) is 0.875. The fourth-order valence-electron chi connectivity index (χ4n) is 2.75. The molecule has 0 bridgehead atoms. The van der Waals surface area contributed by atoms with Gasteiger partial charge in [0.25, 0.3) is 0 Å². The van der Waals surface area contributed by atoms with Crippen molar-refractivity contribution in [3.8, 4) is 0 Å². The van der Waals surface area contributed by atoms with Crippen molar-refractivity contribution in [3.63, 3.8) is 0 Å². The zero-order valence-corrected chi connectivity index (χ0v) is 12.7. The first kappa shape index (κ1) is 15.8. The minimum atomic E-state index is -0.494. The van der Waals surface area contributed by atoms with Crippen molar-refractivity contribution in [2.45, 2.75) is 51.2 Å². The lowest BCUT2D eigenvalue weighted by Crippen LogP contribution is -2.35. The molecule has 4 heteroatoms. The summed E-state index contributed by atoms with van der Waals surface area (Å²) in [6.07, 6.45) is 3.91. The summed E-state index contributed by atoms with van der Waals surface area (Å²) in [7, 11) is 0. The Labute approximate surface area is 126 Å². The number of amides is 1. The van der Waals surface area contributed by atoms with E-state index in [4.69, 9.17) is 4.74 Å². The van der Waals surface area contributed by atoms with Gasteiger partial charge in [0.2, 0.25) is 0 Å². The molecule has 0 atom stereocenters. The van der Waals surface area contributed by atoms with E-state index in [1.807, 2.05) is 37.3 Å². The first-order valence-electron chi connectivity index (χ1n) is 7.78. The topological polar surface area (TPSA) is 58.6 Å². The van der Waals surface area contributed by atoms with Gasteiger partial charge in [0.15, 0.2) is 0 Å². The Bertz CT molecular complexity index is 439. The largest absolute Gasteiger partial charge is 0.449 e. The predicted molar refractivity (Wildman–Crippen MR) is 81.8 cm³/mol. The number of hydrogen-bond donors (Lipinski definition) is 2. The summed E-state index contributed by atoms with van der Waals surface area (Å²) in [6, 6.07) is 9.76. The first-order chi connectivity index (χ1) is 10.1. The molecular formula is C17H25NO3. The van der Waals surface area contributed by atoms with Crippen molar-refractivity contribution in [2.24, 2.45) is 5.92 Å². The molecule has 0 aliphatic heterocycles. The van der Waals surface area contributed by atoms with E-state index in [0.29, 0.717) is 19.1 Å². The van der Waals surface area contributed by atoms with Crippen LogP contribution in [0.15, 0.2) is 30.3 Å². The summed E-state index contributed by atoms with van der Waals surface area (Å²) in [5, 5.41) is 12.9. The molecule has 2 rings (SSSR count). The number of ether oxygens (including phenoxy) is 1. The normalized spacial score (nSPS) is 25.3. The van der Waals surface area contributed by atoms with E-state index in [1.54, 1.807) is 0 Å². The maximum Gasteiger partial charge on any atom is 0.407 e. The average molecular weight is 291 g/mol. The Morgan fingerprint density at radius 3 is 2.62 bits per heavy atom. The highest BCUT2D eigenvalue weighted by Gasteiger charge is 2.31. The summed E-state index contributed by atoms with van der Waals surface area (Å²) in [5.41, 5.74) is 0.562. The second-order valence-corrected chi connectivity index (χ2v) is 5.96. The highest BCUT2D eigenvalue weighted by atomic mass is 16.5. The second-order valence-electron chi connectivity index (χ2n) is 5.96. The molecule has 1 saturated carbocycles. The van der Waals surface area contributed by atoms with Crippen molar-refractivity contribution in [2.75, 3.05) is 6.61 Å². The van der Waals surface area contributed by atoms with Gasteiger partial charge in [-0.15, -0.1) is 0 Å².